The smallest absolute Gasteiger partial charge is 0.309 e. The lowest BCUT2D eigenvalue weighted by Crippen LogP contribution is -2.07. The number of nitrogens with zero attached hydrogens (tertiary/aromatic N) is 1. The number of nitrogens with one attached hydrogen (secondary N) is 1. The highest BCUT2D eigenvalue weighted by Gasteiger charge is 2.29. The number of aromatic amines is 1. The molecule has 30 heavy (non-hydrogen) atoms. The first-order chi connectivity index (χ1) is 14.3. The third-order valence-electron chi connectivity index (χ3n) is 4.55. The Bertz CT molecular complexity index is 1210. The second-order valence-electron chi connectivity index (χ2n) is 6.66. The van der Waals surface area contributed by atoms with Crippen molar-refractivity contribution in [3.63, 3.8) is 0 Å². The summed E-state index contributed by atoms with van der Waals surface area (Å²) in [5.74, 6) is -0.670. The highest BCUT2D eigenvalue weighted by atomic mass is 35.5. The number of esters is 2. The number of aromatic nitrogens is 1. The average molecular weight is 443 g/mol. The molecule has 0 saturated heterocycles. The van der Waals surface area contributed by atoms with Gasteiger partial charge in [-0.3, -0.25) is 19.6 Å². The van der Waals surface area contributed by atoms with E-state index in [2.05, 4.69) is 4.98 Å². The standard InChI is InChI=1S/C22H16Cl2N2O4/c1-11(27)29-21-17-10-25-20(15-5-3-4-6-18(15)24)16-9-13(23)7-8-14(16)19(17)22(26-21)30-12(2)28/h3-9,26H,10H2,1-2H3. The van der Waals surface area contributed by atoms with Crippen LogP contribution in [0, 0.1) is 0 Å². The van der Waals surface area contributed by atoms with Gasteiger partial charge >= 0.3 is 11.9 Å². The van der Waals surface area contributed by atoms with Gasteiger partial charge in [0.15, 0.2) is 0 Å². The van der Waals surface area contributed by atoms with Crippen molar-refractivity contribution in [1.82, 2.24) is 4.98 Å². The largest absolute Gasteiger partial charge is 0.409 e. The van der Waals surface area contributed by atoms with Crippen LogP contribution in [0.15, 0.2) is 47.5 Å². The minimum atomic E-state index is -0.513. The number of fused-ring (bicyclic) bond motifs is 3. The van der Waals surface area contributed by atoms with Gasteiger partial charge < -0.3 is 9.47 Å². The van der Waals surface area contributed by atoms with Crippen molar-refractivity contribution in [3.05, 3.63) is 69.2 Å². The number of hydrogen-bond acceptors (Lipinski definition) is 5. The molecule has 1 aliphatic rings. The number of aliphatic imine (C=N–C) groups is 1. The third kappa shape index (κ3) is 3.72. The molecule has 0 fully saturated rings. The summed E-state index contributed by atoms with van der Waals surface area (Å²) in [6, 6.07) is 12.7. The Labute approximate surface area is 182 Å². The number of rotatable bonds is 3. The maximum Gasteiger partial charge on any atom is 0.309 e. The van der Waals surface area contributed by atoms with Crippen LogP contribution in [0.25, 0.3) is 11.1 Å². The van der Waals surface area contributed by atoms with Gasteiger partial charge in [-0.05, 0) is 23.8 Å². The lowest BCUT2D eigenvalue weighted by molar-refractivity contribution is -0.132. The van der Waals surface area contributed by atoms with Gasteiger partial charge in [0, 0.05) is 40.6 Å². The van der Waals surface area contributed by atoms with Crippen LogP contribution in [-0.4, -0.2) is 22.6 Å². The fourth-order valence-corrected chi connectivity index (χ4v) is 3.83. The molecule has 0 spiro atoms. The second-order valence-corrected chi connectivity index (χ2v) is 7.50. The molecule has 6 nitrogen and oxygen atoms in total. The van der Waals surface area contributed by atoms with Crippen LogP contribution in [0.5, 0.6) is 11.8 Å². The van der Waals surface area contributed by atoms with E-state index in [9.17, 15) is 9.59 Å². The molecule has 3 aromatic rings. The molecule has 2 aromatic carbocycles. The molecular weight excluding hydrogens is 427 g/mol. The van der Waals surface area contributed by atoms with Crippen LogP contribution >= 0.6 is 23.2 Å². The first-order valence-electron chi connectivity index (χ1n) is 9.06. The molecular formula is C22H16Cl2N2O4. The topological polar surface area (TPSA) is 80.8 Å². The van der Waals surface area contributed by atoms with Crippen LogP contribution in [0.2, 0.25) is 10.0 Å². The van der Waals surface area contributed by atoms with Gasteiger partial charge in [0.1, 0.15) is 0 Å². The molecule has 8 heteroatoms. The molecule has 1 aliphatic heterocycles. The van der Waals surface area contributed by atoms with E-state index in [1.807, 2.05) is 24.3 Å². The Hall–Kier alpha value is -3.09. The SMILES string of the molecule is CC(=O)Oc1[nH]c(OC(C)=O)c2c1CN=C(c1ccccc1Cl)c1cc(Cl)ccc1-2. The van der Waals surface area contributed by atoms with E-state index in [4.69, 9.17) is 37.7 Å². The molecule has 152 valence electrons. The fraction of sp³-hybridized carbons (Fsp3) is 0.136. The van der Waals surface area contributed by atoms with E-state index >= 15 is 0 Å². The van der Waals surface area contributed by atoms with Gasteiger partial charge in [-0.25, -0.2) is 0 Å². The predicted molar refractivity (Wildman–Crippen MR) is 115 cm³/mol. The summed E-state index contributed by atoms with van der Waals surface area (Å²) in [6.45, 7) is 2.76. The predicted octanol–water partition coefficient (Wildman–Crippen LogP) is 5.19. The van der Waals surface area contributed by atoms with Crippen LogP contribution < -0.4 is 9.47 Å². The molecule has 2 heterocycles. The minimum Gasteiger partial charge on any atom is -0.409 e. The number of ether oxygens (including phenoxy) is 2. The molecule has 0 atom stereocenters. The van der Waals surface area contributed by atoms with Gasteiger partial charge in [0.2, 0.25) is 11.8 Å². The van der Waals surface area contributed by atoms with Crippen molar-refractivity contribution in [1.29, 1.82) is 0 Å². The molecule has 4 rings (SSSR count). The highest BCUT2D eigenvalue weighted by Crippen LogP contribution is 2.44. The minimum absolute atomic E-state index is 0.169. The van der Waals surface area contributed by atoms with Crippen molar-refractivity contribution in [2.24, 2.45) is 4.99 Å². The summed E-state index contributed by atoms with van der Waals surface area (Å²) < 4.78 is 10.7. The molecule has 0 aliphatic carbocycles. The van der Waals surface area contributed by atoms with E-state index in [1.165, 1.54) is 13.8 Å². The van der Waals surface area contributed by atoms with Gasteiger partial charge in [0.05, 0.1) is 17.8 Å². The normalized spacial score (nSPS) is 12.3. The van der Waals surface area contributed by atoms with Gasteiger partial charge in [-0.15, -0.1) is 0 Å². The zero-order chi connectivity index (χ0) is 21.4. The summed E-state index contributed by atoms with van der Waals surface area (Å²) in [4.78, 5) is 31.0. The van der Waals surface area contributed by atoms with Gasteiger partial charge in [0.25, 0.3) is 0 Å². The molecule has 0 radical (unpaired) electrons. The zero-order valence-electron chi connectivity index (χ0n) is 16.1. The van der Waals surface area contributed by atoms with E-state index in [-0.39, 0.29) is 18.3 Å². The van der Waals surface area contributed by atoms with Crippen LogP contribution in [0.1, 0.15) is 30.5 Å². The Morgan fingerprint density at radius 3 is 2.33 bits per heavy atom. The number of carbonyl (C=O) groups is 2. The number of halogens is 2. The van der Waals surface area contributed by atoms with E-state index in [1.54, 1.807) is 18.2 Å². The Kier molecular flexibility index (Phi) is 5.37. The van der Waals surface area contributed by atoms with Crippen LogP contribution in [-0.2, 0) is 16.1 Å². The van der Waals surface area contributed by atoms with Crippen molar-refractivity contribution < 1.29 is 19.1 Å². The third-order valence-corrected chi connectivity index (χ3v) is 5.12. The Morgan fingerprint density at radius 1 is 0.933 bits per heavy atom. The maximum absolute atomic E-state index is 11.7. The fourth-order valence-electron chi connectivity index (χ4n) is 3.44. The summed E-state index contributed by atoms with van der Waals surface area (Å²) in [5.41, 5.74) is 3.98. The van der Waals surface area contributed by atoms with Crippen molar-refractivity contribution in [3.8, 4) is 22.9 Å². The first-order valence-corrected chi connectivity index (χ1v) is 9.82. The number of carbonyl (C=O) groups excluding carboxylic acids is 2. The Morgan fingerprint density at radius 2 is 1.63 bits per heavy atom. The molecule has 0 unspecified atom stereocenters. The lowest BCUT2D eigenvalue weighted by atomic mass is 9.93. The molecule has 0 saturated carbocycles. The van der Waals surface area contributed by atoms with Gasteiger partial charge in [-0.2, -0.15) is 0 Å². The number of hydrogen-bond donors (Lipinski definition) is 1. The molecule has 0 bridgehead atoms. The molecule has 1 aromatic heterocycles. The molecule has 1 N–H and O–H groups in total. The quantitative estimate of drug-likeness (QED) is 0.565. The number of benzene rings is 2. The van der Waals surface area contributed by atoms with E-state index in [0.717, 1.165) is 16.7 Å². The number of H-pyrrole nitrogens is 1. The maximum atomic E-state index is 11.7. The van der Waals surface area contributed by atoms with Gasteiger partial charge in [-0.1, -0.05) is 47.5 Å². The first kappa shape index (κ1) is 20.2. The molecule has 0 amide bonds. The average Bonchev–Trinajstić information content (AvgIpc) is 2.89. The van der Waals surface area contributed by atoms with Crippen molar-refractivity contribution in [2.75, 3.05) is 0 Å². The summed E-state index contributed by atoms with van der Waals surface area (Å²) in [7, 11) is 0. The zero-order valence-corrected chi connectivity index (χ0v) is 17.6. The van der Waals surface area contributed by atoms with Crippen molar-refractivity contribution >= 4 is 40.9 Å². The summed E-state index contributed by atoms with van der Waals surface area (Å²) in [6.07, 6.45) is 0. The Balaban J connectivity index is 2.01. The van der Waals surface area contributed by atoms with Crippen LogP contribution in [0.3, 0.4) is 0 Å². The summed E-state index contributed by atoms with van der Waals surface area (Å²) >= 11 is 12.7. The summed E-state index contributed by atoms with van der Waals surface area (Å²) in [5, 5.41) is 1.05. The van der Waals surface area contributed by atoms with E-state index in [0.29, 0.717) is 26.9 Å². The highest BCUT2D eigenvalue weighted by molar-refractivity contribution is 6.36. The van der Waals surface area contributed by atoms with Crippen LogP contribution in [0.4, 0.5) is 0 Å². The van der Waals surface area contributed by atoms with Crippen molar-refractivity contribution in [2.45, 2.75) is 20.4 Å². The second kappa shape index (κ2) is 7.97. The van der Waals surface area contributed by atoms with E-state index < -0.39 is 11.9 Å². The monoisotopic (exact) mass is 442 g/mol. The lowest BCUT2D eigenvalue weighted by Gasteiger charge is -2.13.